The summed E-state index contributed by atoms with van der Waals surface area (Å²) < 4.78 is 0. The van der Waals surface area contributed by atoms with Gasteiger partial charge in [-0.2, -0.15) is 0 Å². The molecule has 1 aromatic rings. The highest BCUT2D eigenvalue weighted by molar-refractivity contribution is 6.30. The first-order chi connectivity index (χ1) is 11.7. The molecule has 0 radical (unpaired) electrons. The van der Waals surface area contributed by atoms with Crippen LogP contribution >= 0.6 is 11.6 Å². The van der Waals surface area contributed by atoms with Gasteiger partial charge in [0.25, 0.3) is 0 Å². The molecule has 0 atom stereocenters. The fourth-order valence-electron chi connectivity index (χ4n) is 3.85. The molecule has 0 spiro atoms. The maximum absolute atomic E-state index is 12.2. The van der Waals surface area contributed by atoms with Gasteiger partial charge in [0.05, 0.1) is 6.54 Å². The number of rotatable bonds is 5. The van der Waals surface area contributed by atoms with Crippen molar-refractivity contribution in [2.75, 3.05) is 32.7 Å². The molecule has 1 aliphatic heterocycles. The number of amides is 1. The minimum atomic E-state index is 0.110. The molecule has 132 valence electrons. The van der Waals surface area contributed by atoms with E-state index in [4.69, 9.17) is 11.6 Å². The summed E-state index contributed by atoms with van der Waals surface area (Å²) in [7, 11) is 0. The lowest BCUT2D eigenvalue weighted by Gasteiger charge is -2.27. The number of hydrogen-bond acceptors (Lipinski definition) is 3. The third kappa shape index (κ3) is 5.20. The van der Waals surface area contributed by atoms with Crippen LogP contribution in [0.5, 0.6) is 0 Å². The summed E-state index contributed by atoms with van der Waals surface area (Å²) in [5.74, 6) is 0.110. The molecule has 1 amide bonds. The predicted octanol–water partition coefficient (Wildman–Crippen LogP) is 2.91. The Kier molecular flexibility index (Phi) is 6.52. The molecular weight excluding hydrogens is 322 g/mol. The van der Waals surface area contributed by atoms with Gasteiger partial charge in [-0.05, 0) is 50.0 Å². The Bertz CT molecular complexity index is 528. The minimum absolute atomic E-state index is 0.110. The summed E-state index contributed by atoms with van der Waals surface area (Å²) >= 11 is 5.88. The van der Waals surface area contributed by atoms with E-state index < -0.39 is 0 Å². The highest BCUT2D eigenvalue weighted by atomic mass is 35.5. The van der Waals surface area contributed by atoms with Gasteiger partial charge in [0.15, 0.2) is 0 Å². The minimum Gasteiger partial charge on any atom is -0.351 e. The van der Waals surface area contributed by atoms with Gasteiger partial charge in [-0.3, -0.25) is 14.6 Å². The van der Waals surface area contributed by atoms with E-state index in [2.05, 4.69) is 15.1 Å². The van der Waals surface area contributed by atoms with Crippen LogP contribution in [0.1, 0.15) is 37.7 Å². The number of halogens is 1. The molecule has 1 N–H and O–H groups in total. The van der Waals surface area contributed by atoms with Crippen LogP contribution in [0.25, 0.3) is 0 Å². The van der Waals surface area contributed by atoms with Gasteiger partial charge in [0.1, 0.15) is 0 Å². The average Bonchev–Trinajstić information content (AvgIpc) is 3.02. The summed E-state index contributed by atoms with van der Waals surface area (Å²) in [5.41, 5.74) is 1.08. The number of hydrogen-bond donors (Lipinski definition) is 1. The first-order valence-corrected chi connectivity index (χ1v) is 9.56. The summed E-state index contributed by atoms with van der Waals surface area (Å²) in [6.45, 7) is 5.40. The molecule has 2 aliphatic rings. The Morgan fingerprint density at radius 3 is 2.54 bits per heavy atom. The standard InChI is InChI=1S/C19H28ClN3O/c20-17-8-6-16(7-9-17)14-21-19(24)15-22-10-3-11-23(13-12-22)18-4-1-2-5-18/h6-9,18H,1-5,10-15H2,(H,21,24). The van der Waals surface area contributed by atoms with Crippen LogP contribution in [0.2, 0.25) is 5.02 Å². The lowest BCUT2D eigenvalue weighted by atomic mass is 10.2. The number of carbonyl (C=O) groups excluding carboxylic acids is 1. The summed E-state index contributed by atoms with van der Waals surface area (Å²) in [6, 6.07) is 8.41. The fraction of sp³-hybridized carbons (Fsp3) is 0.632. The van der Waals surface area contributed by atoms with Crippen molar-refractivity contribution in [2.45, 2.75) is 44.7 Å². The largest absolute Gasteiger partial charge is 0.351 e. The van der Waals surface area contributed by atoms with E-state index in [0.29, 0.717) is 13.1 Å². The molecule has 1 aromatic carbocycles. The smallest absolute Gasteiger partial charge is 0.234 e. The molecule has 0 bridgehead atoms. The van der Waals surface area contributed by atoms with Crippen molar-refractivity contribution in [3.05, 3.63) is 34.9 Å². The van der Waals surface area contributed by atoms with E-state index in [1.54, 1.807) is 0 Å². The highest BCUT2D eigenvalue weighted by Gasteiger charge is 2.25. The Balaban J connectivity index is 1.40. The molecule has 4 nitrogen and oxygen atoms in total. The van der Waals surface area contributed by atoms with E-state index in [-0.39, 0.29) is 5.91 Å². The van der Waals surface area contributed by atoms with Gasteiger partial charge in [-0.25, -0.2) is 0 Å². The Morgan fingerprint density at radius 2 is 1.79 bits per heavy atom. The molecule has 1 saturated heterocycles. The van der Waals surface area contributed by atoms with Crippen molar-refractivity contribution in [3.8, 4) is 0 Å². The van der Waals surface area contributed by atoms with Crippen LogP contribution < -0.4 is 5.32 Å². The zero-order chi connectivity index (χ0) is 16.8. The maximum atomic E-state index is 12.2. The molecule has 1 heterocycles. The second-order valence-corrected chi connectivity index (χ2v) is 7.44. The monoisotopic (exact) mass is 349 g/mol. The van der Waals surface area contributed by atoms with Gasteiger partial charge >= 0.3 is 0 Å². The van der Waals surface area contributed by atoms with Gasteiger partial charge in [-0.1, -0.05) is 36.6 Å². The first-order valence-electron chi connectivity index (χ1n) is 9.18. The zero-order valence-electron chi connectivity index (χ0n) is 14.3. The molecule has 0 unspecified atom stereocenters. The second-order valence-electron chi connectivity index (χ2n) is 7.01. The van der Waals surface area contributed by atoms with Gasteiger partial charge in [0, 0.05) is 30.7 Å². The van der Waals surface area contributed by atoms with Crippen molar-refractivity contribution >= 4 is 17.5 Å². The zero-order valence-corrected chi connectivity index (χ0v) is 15.1. The lowest BCUT2D eigenvalue weighted by molar-refractivity contribution is -0.122. The Morgan fingerprint density at radius 1 is 1.04 bits per heavy atom. The normalized spacial score (nSPS) is 20.9. The van der Waals surface area contributed by atoms with Gasteiger partial charge in [-0.15, -0.1) is 0 Å². The molecular formula is C19H28ClN3O. The molecule has 24 heavy (non-hydrogen) atoms. The van der Waals surface area contributed by atoms with Crippen LogP contribution in [-0.2, 0) is 11.3 Å². The van der Waals surface area contributed by atoms with E-state index in [1.165, 1.54) is 38.6 Å². The van der Waals surface area contributed by atoms with Crippen LogP contribution in [0.3, 0.4) is 0 Å². The SMILES string of the molecule is O=C(CN1CCCN(C2CCCC2)CC1)NCc1ccc(Cl)cc1. The van der Waals surface area contributed by atoms with Crippen molar-refractivity contribution in [1.82, 2.24) is 15.1 Å². The van der Waals surface area contributed by atoms with E-state index in [9.17, 15) is 4.79 Å². The summed E-state index contributed by atoms with van der Waals surface area (Å²) in [5, 5.41) is 3.74. The lowest BCUT2D eigenvalue weighted by Crippen LogP contribution is -2.40. The van der Waals surface area contributed by atoms with Crippen molar-refractivity contribution in [2.24, 2.45) is 0 Å². The first kappa shape index (κ1) is 17.7. The Labute approximate surface area is 150 Å². The molecule has 1 saturated carbocycles. The number of carbonyl (C=O) groups is 1. The molecule has 1 aliphatic carbocycles. The molecule has 0 aromatic heterocycles. The van der Waals surface area contributed by atoms with E-state index in [0.717, 1.165) is 36.3 Å². The van der Waals surface area contributed by atoms with Crippen LogP contribution in [0.15, 0.2) is 24.3 Å². The Hall–Kier alpha value is -1.10. The predicted molar refractivity (Wildman–Crippen MR) is 98.2 cm³/mol. The number of nitrogens with one attached hydrogen (secondary N) is 1. The van der Waals surface area contributed by atoms with Crippen LogP contribution in [0, 0.1) is 0 Å². The molecule has 2 fully saturated rings. The highest BCUT2D eigenvalue weighted by Crippen LogP contribution is 2.24. The summed E-state index contributed by atoms with van der Waals surface area (Å²) in [6.07, 6.45) is 6.67. The third-order valence-corrected chi connectivity index (χ3v) is 5.49. The van der Waals surface area contributed by atoms with Crippen molar-refractivity contribution < 1.29 is 4.79 Å². The van der Waals surface area contributed by atoms with Crippen molar-refractivity contribution in [3.63, 3.8) is 0 Å². The van der Waals surface area contributed by atoms with Crippen LogP contribution in [-0.4, -0.2) is 54.5 Å². The number of nitrogens with zero attached hydrogens (tertiary/aromatic N) is 2. The van der Waals surface area contributed by atoms with E-state index >= 15 is 0 Å². The van der Waals surface area contributed by atoms with Crippen molar-refractivity contribution in [1.29, 1.82) is 0 Å². The fourth-order valence-corrected chi connectivity index (χ4v) is 3.97. The average molecular weight is 350 g/mol. The quantitative estimate of drug-likeness (QED) is 0.887. The number of benzene rings is 1. The van der Waals surface area contributed by atoms with E-state index in [1.807, 2.05) is 24.3 Å². The molecule has 3 rings (SSSR count). The van der Waals surface area contributed by atoms with Gasteiger partial charge < -0.3 is 5.32 Å². The topological polar surface area (TPSA) is 35.6 Å². The maximum Gasteiger partial charge on any atom is 0.234 e. The van der Waals surface area contributed by atoms with Crippen LogP contribution in [0.4, 0.5) is 0 Å². The summed E-state index contributed by atoms with van der Waals surface area (Å²) in [4.78, 5) is 17.2. The molecule has 5 heteroatoms. The van der Waals surface area contributed by atoms with Gasteiger partial charge in [0.2, 0.25) is 5.91 Å². The second kappa shape index (κ2) is 8.84. The third-order valence-electron chi connectivity index (χ3n) is 5.23.